The molecule has 4 atom stereocenters. The molecule has 0 aromatic rings. The van der Waals surface area contributed by atoms with E-state index in [1.54, 1.807) is 0 Å². The van der Waals surface area contributed by atoms with Crippen LogP contribution in [0.2, 0.25) is 0 Å². The minimum atomic E-state index is 0.460. The van der Waals surface area contributed by atoms with Crippen molar-refractivity contribution < 1.29 is 0 Å². The molecule has 2 nitrogen and oxygen atoms in total. The Balaban J connectivity index is 1.60. The van der Waals surface area contributed by atoms with Gasteiger partial charge >= 0.3 is 0 Å². The van der Waals surface area contributed by atoms with Gasteiger partial charge in [0.1, 0.15) is 0 Å². The maximum absolute atomic E-state index is 6.35. The molecule has 4 unspecified atom stereocenters. The van der Waals surface area contributed by atoms with Crippen molar-refractivity contribution in [2.24, 2.45) is 23.0 Å². The Kier molecular flexibility index (Phi) is 2.99. The van der Waals surface area contributed by atoms with Crippen LogP contribution < -0.4 is 5.73 Å². The van der Waals surface area contributed by atoms with Crippen LogP contribution in [0.5, 0.6) is 0 Å². The first-order valence-electron chi connectivity index (χ1n) is 7.53. The summed E-state index contributed by atoms with van der Waals surface area (Å²) >= 11 is 0. The lowest BCUT2D eigenvalue weighted by atomic mass is 9.70. The van der Waals surface area contributed by atoms with Gasteiger partial charge < -0.3 is 5.73 Å². The van der Waals surface area contributed by atoms with Crippen LogP contribution in [0.25, 0.3) is 0 Å². The van der Waals surface area contributed by atoms with Crippen molar-refractivity contribution in [2.75, 3.05) is 13.1 Å². The highest BCUT2D eigenvalue weighted by Crippen LogP contribution is 2.42. The Hall–Kier alpha value is -0.0800. The van der Waals surface area contributed by atoms with Gasteiger partial charge in [0.2, 0.25) is 0 Å². The molecule has 2 aliphatic carbocycles. The van der Waals surface area contributed by atoms with E-state index >= 15 is 0 Å². The summed E-state index contributed by atoms with van der Waals surface area (Å²) in [6.07, 6.45) is 8.31. The molecule has 1 aliphatic heterocycles. The smallest absolute Gasteiger partial charge is 0.00987 e. The van der Waals surface area contributed by atoms with Gasteiger partial charge in [0.05, 0.1) is 0 Å². The first-order valence-corrected chi connectivity index (χ1v) is 7.53. The molecule has 98 valence electrons. The first kappa shape index (κ1) is 12.0. The van der Waals surface area contributed by atoms with E-state index in [0.717, 1.165) is 17.9 Å². The van der Waals surface area contributed by atoms with Crippen LogP contribution in [0.3, 0.4) is 0 Å². The third kappa shape index (κ3) is 2.39. The van der Waals surface area contributed by atoms with E-state index in [-0.39, 0.29) is 0 Å². The molecule has 3 rings (SSSR count). The van der Waals surface area contributed by atoms with E-state index in [1.807, 2.05) is 0 Å². The number of likely N-dealkylation sites (tertiary alicyclic amines) is 1. The number of hydrogen-bond donors (Lipinski definition) is 1. The fourth-order valence-electron chi connectivity index (χ4n) is 4.51. The highest BCUT2D eigenvalue weighted by Gasteiger charge is 2.41. The van der Waals surface area contributed by atoms with Gasteiger partial charge in [0.25, 0.3) is 0 Å². The number of fused-ring (bicyclic) bond motifs is 2. The summed E-state index contributed by atoms with van der Waals surface area (Å²) in [5.41, 5.74) is 6.88. The Morgan fingerprint density at radius 3 is 2.71 bits per heavy atom. The van der Waals surface area contributed by atoms with Crippen molar-refractivity contribution in [3.05, 3.63) is 0 Å². The molecule has 2 saturated carbocycles. The van der Waals surface area contributed by atoms with E-state index in [9.17, 15) is 0 Å². The Morgan fingerprint density at radius 1 is 1.24 bits per heavy atom. The molecule has 3 fully saturated rings. The zero-order chi connectivity index (χ0) is 12.0. The van der Waals surface area contributed by atoms with Gasteiger partial charge in [-0.3, -0.25) is 4.90 Å². The summed E-state index contributed by atoms with van der Waals surface area (Å²) in [7, 11) is 0. The summed E-state index contributed by atoms with van der Waals surface area (Å²) < 4.78 is 0. The van der Waals surface area contributed by atoms with E-state index in [4.69, 9.17) is 5.73 Å². The highest BCUT2D eigenvalue weighted by atomic mass is 15.2. The summed E-state index contributed by atoms with van der Waals surface area (Å²) in [5.74, 6) is 1.77. The lowest BCUT2D eigenvalue weighted by molar-refractivity contribution is 0.0996. The van der Waals surface area contributed by atoms with Gasteiger partial charge in [-0.2, -0.15) is 0 Å². The second kappa shape index (κ2) is 4.24. The topological polar surface area (TPSA) is 29.3 Å². The fourth-order valence-corrected chi connectivity index (χ4v) is 4.51. The minimum Gasteiger partial charge on any atom is -0.327 e. The van der Waals surface area contributed by atoms with Gasteiger partial charge in [-0.1, -0.05) is 13.8 Å². The molecule has 2 heteroatoms. The predicted octanol–water partition coefficient (Wildman–Crippen LogP) is 2.62. The van der Waals surface area contributed by atoms with Crippen LogP contribution in [-0.2, 0) is 0 Å². The van der Waals surface area contributed by atoms with E-state index < -0.39 is 0 Å². The second-order valence-electron chi connectivity index (χ2n) is 7.62. The standard InChI is InChI=1S/C15H28N2/c1-15(2)6-5-14(16)12(8-15)10-17-9-11-3-4-13(17)7-11/h11-14H,3-10,16H2,1-2H3. The molecule has 2 N–H and O–H groups in total. The molecular formula is C15H28N2. The maximum atomic E-state index is 6.35. The van der Waals surface area contributed by atoms with Crippen molar-refractivity contribution in [3.63, 3.8) is 0 Å². The third-order valence-corrected chi connectivity index (χ3v) is 5.57. The first-order chi connectivity index (χ1) is 8.03. The molecular weight excluding hydrogens is 208 g/mol. The molecule has 0 amide bonds. The van der Waals surface area contributed by atoms with Crippen LogP contribution in [0.4, 0.5) is 0 Å². The lowest BCUT2D eigenvalue weighted by Gasteiger charge is -2.42. The largest absolute Gasteiger partial charge is 0.327 e. The fraction of sp³-hybridized carbons (Fsp3) is 1.00. The molecule has 2 bridgehead atoms. The molecule has 0 aromatic heterocycles. The monoisotopic (exact) mass is 236 g/mol. The predicted molar refractivity (Wildman–Crippen MR) is 71.8 cm³/mol. The van der Waals surface area contributed by atoms with Gasteiger partial charge in [0.15, 0.2) is 0 Å². The summed E-state index contributed by atoms with van der Waals surface area (Å²) in [6, 6.07) is 1.37. The van der Waals surface area contributed by atoms with E-state index in [0.29, 0.717) is 11.5 Å². The van der Waals surface area contributed by atoms with Crippen molar-refractivity contribution in [1.82, 2.24) is 4.90 Å². The highest BCUT2D eigenvalue weighted by molar-refractivity contribution is 4.95. The average Bonchev–Trinajstić information content (AvgIpc) is 2.85. The Bertz CT molecular complexity index is 287. The number of rotatable bonds is 2. The van der Waals surface area contributed by atoms with E-state index in [1.165, 1.54) is 51.6 Å². The van der Waals surface area contributed by atoms with E-state index in [2.05, 4.69) is 18.7 Å². The number of hydrogen-bond acceptors (Lipinski definition) is 2. The SMILES string of the molecule is CC1(C)CCC(N)C(CN2CC3CCC2C3)C1. The molecule has 1 heterocycles. The maximum Gasteiger partial charge on any atom is 0.00987 e. The lowest BCUT2D eigenvalue weighted by Crippen LogP contribution is -2.46. The number of piperidine rings is 1. The molecule has 0 radical (unpaired) electrons. The third-order valence-electron chi connectivity index (χ3n) is 5.57. The summed E-state index contributed by atoms with van der Waals surface area (Å²) in [6.45, 7) is 7.49. The Morgan fingerprint density at radius 2 is 2.06 bits per heavy atom. The van der Waals surface area contributed by atoms with Crippen molar-refractivity contribution >= 4 is 0 Å². The van der Waals surface area contributed by atoms with Crippen LogP contribution in [0, 0.1) is 17.3 Å². The average molecular weight is 236 g/mol. The van der Waals surface area contributed by atoms with Gasteiger partial charge in [-0.05, 0) is 55.8 Å². The summed E-state index contributed by atoms with van der Waals surface area (Å²) in [4.78, 5) is 2.76. The number of nitrogens with two attached hydrogens (primary N) is 1. The van der Waals surface area contributed by atoms with Crippen molar-refractivity contribution in [3.8, 4) is 0 Å². The van der Waals surface area contributed by atoms with Crippen LogP contribution in [-0.4, -0.2) is 30.1 Å². The van der Waals surface area contributed by atoms with Crippen molar-refractivity contribution in [2.45, 2.75) is 64.5 Å². The van der Waals surface area contributed by atoms with Gasteiger partial charge in [0, 0.05) is 25.2 Å². The quantitative estimate of drug-likeness (QED) is 0.798. The Labute approximate surface area is 106 Å². The van der Waals surface area contributed by atoms with Gasteiger partial charge in [-0.15, -0.1) is 0 Å². The zero-order valence-corrected chi connectivity index (χ0v) is 11.5. The van der Waals surface area contributed by atoms with Crippen molar-refractivity contribution in [1.29, 1.82) is 0 Å². The van der Waals surface area contributed by atoms with Crippen LogP contribution in [0.1, 0.15) is 52.4 Å². The minimum absolute atomic E-state index is 0.460. The van der Waals surface area contributed by atoms with Crippen LogP contribution in [0.15, 0.2) is 0 Å². The zero-order valence-electron chi connectivity index (χ0n) is 11.5. The molecule has 1 saturated heterocycles. The van der Waals surface area contributed by atoms with Gasteiger partial charge in [-0.25, -0.2) is 0 Å². The summed E-state index contributed by atoms with van der Waals surface area (Å²) in [5, 5.41) is 0. The van der Waals surface area contributed by atoms with Crippen LogP contribution >= 0.6 is 0 Å². The number of nitrogens with zero attached hydrogens (tertiary/aromatic N) is 1. The second-order valence-corrected chi connectivity index (χ2v) is 7.62. The molecule has 17 heavy (non-hydrogen) atoms. The molecule has 0 spiro atoms. The molecule has 0 aromatic carbocycles. The molecule has 3 aliphatic rings. The normalized spacial score (nSPS) is 45.4.